The first-order valence-corrected chi connectivity index (χ1v) is 10.1. The molecule has 0 saturated carbocycles. The van der Waals surface area contributed by atoms with Gasteiger partial charge in [-0.1, -0.05) is 42.5 Å². The van der Waals surface area contributed by atoms with Crippen LogP contribution in [-0.4, -0.2) is 29.1 Å². The highest BCUT2D eigenvalue weighted by Crippen LogP contribution is 2.33. The third-order valence-electron chi connectivity index (χ3n) is 5.67. The summed E-state index contributed by atoms with van der Waals surface area (Å²) in [5.41, 5.74) is 1.23. The topological polar surface area (TPSA) is 49.8 Å². The van der Waals surface area contributed by atoms with Crippen molar-refractivity contribution in [2.75, 3.05) is 18.4 Å². The van der Waals surface area contributed by atoms with Gasteiger partial charge in [-0.25, -0.2) is 14.4 Å². The van der Waals surface area contributed by atoms with Gasteiger partial charge in [-0.3, -0.25) is 0 Å². The van der Waals surface area contributed by atoms with E-state index in [1.165, 1.54) is 12.1 Å². The molecule has 1 fully saturated rings. The van der Waals surface area contributed by atoms with Gasteiger partial charge < -0.3 is 10.6 Å². The van der Waals surface area contributed by atoms with Crippen LogP contribution < -0.4 is 10.6 Å². The molecule has 0 bridgehead atoms. The third kappa shape index (κ3) is 5.19. The zero-order valence-corrected chi connectivity index (χ0v) is 16.6. The Kier molecular flexibility index (Phi) is 6.18. The Bertz CT molecular complexity index is 975. The third-order valence-corrected chi connectivity index (χ3v) is 5.67. The van der Waals surface area contributed by atoms with Crippen LogP contribution in [0.2, 0.25) is 0 Å². The molecule has 3 aromatic rings. The van der Waals surface area contributed by atoms with Gasteiger partial charge in [0.05, 0.1) is 5.56 Å². The highest BCUT2D eigenvalue weighted by Gasteiger charge is 2.36. The molecular weight excluding hydrogens is 408 g/mol. The second-order valence-electron chi connectivity index (χ2n) is 7.71. The standard InChI is InChI=1S/C23H22F4N4/c24-18-8-6-16(7-9-18)19-13-28-14-20(19)21(10-15-4-2-1-3-5-15)31-22-29-11-17(12-30-22)23(25,26)27/h1-9,11-12,19-21,28H,10,13-14H2,(H,29,30,31). The lowest BCUT2D eigenvalue weighted by Crippen LogP contribution is -2.36. The first-order chi connectivity index (χ1) is 14.9. The van der Waals surface area contributed by atoms with E-state index in [2.05, 4.69) is 20.6 Å². The fraction of sp³-hybridized carbons (Fsp3) is 0.304. The van der Waals surface area contributed by atoms with Gasteiger partial charge in [0, 0.05) is 37.4 Å². The average Bonchev–Trinajstić information content (AvgIpc) is 3.24. The van der Waals surface area contributed by atoms with E-state index in [1.54, 1.807) is 12.1 Å². The summed E-state index contributed by atoms with van der Waals surface area (Å²) < 4.78 is 51.9. The summed E-state index contributed by atoms with van der Waals surface area (Å²) in [6.07, 6.45) is -2.25. The van der Waals surface area contributed by atoms with Gasteiger partial charge >= 0.3 is 6.18 Å². The maximum atomic E-state index is 13.4. The highest BCUT2D eigenvalue weighted by atomic mass is 19.4. The number of rotatable bonds is 6. The maximum absolute atomic E-state index is 13.4. The Labute approximate surface area is 177 Å². The first-order valence-electron chi connectivity index (χ1n) is 10.1. The Balaban J connectivity index is 1.60. The minimum atomic E-state index is -4.48. The van der Waals surface area contributed by atoms with E-state index in [0.29, 0.717) is 13.0 Å². The van der Waals surface area contributed by atoms with Gasteiger partial charge in [0.25, 0.3) is 0 Å². The molecule has 2 aromatic carbocycles. The lowest BCUT2D eigenvalue weighted by Gasteiger charge is -2.29. The summed E-state index contributed by atoms with van der Waals surface area (Å²) in [6, 6.07) is 16.2. The second-order valence-corrected chi connectivity index (χ2v) is 7.71. The molecule has 1 aliphatic heterocycles. The smallest absolute Gasteiger partial charge is 0.351 e. The summed E-state index contributed by atoms with van der Waals surface area (Å²) >= 11 is 0. The molecule has 3 unspecified atom stereocenters. The van der Waals surface area contributed by atoms with Gasteiger partial charge in [-0.05, 0) is 35.6 Å². The lowest BCUT2D eigenvalue weighted by atomic mass is 9.81. The number of halogens is 4. The average molecular weight is 430 g/mol. The Morgan fingerprint density at radius 1 is 0.968 bits per heavy atom. The number of aromatic nitrogens is 2. The first kappa shape index (κ1) is 21.2. The van der Waals surface area contributed by atoms with Gasteiger partial charge in [-0.2, -0.15) is 13.2 Å². The van der Waals surface area contributed by atoms with E-state index in [-0.39, 0.29) is 29.6 Å². The summed E-state index contributed by atoms with van der Waals surface area (Å²) in [5, 5.41) is 6.65. The summed E-state index contributed by atoms with van der Waals surface area (Å²) in [7, 11) is 0. The molecule has 31 heavy (non-hydrogen) atoms. The largest absolute Gasteiger partial charge is 0.419 e. The number of alkyl halides is 3. The van der Waals surface area contributed by atoms with Crippen molar-refractivity contribution in [2.45, 2.75) is 24.6 Å². The predicted molar refractivity (Wildman–Crippen MR) is 110 cm³/mol. The van der Waals surface area contributed by atoms with Crippen LogP contribution in [0.15, 0.2) is 67.0 Å². The highest BCUT2D eigenvalue weighted by molar-refractivity contribution is 5.32. The lowest BCUT2D eigenvalue weighted by molar-refractivity contribution is -0.138. The minimum absolute atomic E-state index is 0.108. The van der Waals surface area contributed by atoms with Crippen molar-refractivity contribution in [3.05, 3.63) is 89.5 Å². The number of nitrogens with zero attached hydrogens (tertiary/aromatic N) is 2. The van der Waals surface area contributed by atoms with Crippen LogP contribution >= 0.6 is 0 Å². The zero-order valence-electron chi connectivity index (χ0n) is 16.6. The van der Waals surface area contributed by atoms with Gasteiger partial charge in [-0.15, -0.1) is 0 Å². The van der Waals surface area contributed by atoms with Crippen molar-refractivity contribution in [2.24, 2.45) is 5.92 Å². The predicted octanol–water partition coefficient (Wildman–Crippen LogP) is 4.66. The molecule has 0 radical (unpaired) electrons. The Morgan fingerprint density at radius 2 is 1.65 bits per heavy atom. The van der Waals surface area contributed by atoms with Crippen LogP contribution in [0.4, 0.5) is 23.5 Å². The Hall–Kier alpha value is -3.00. The van der Waals surface area contributed by atoms with E-state index in [4.69, 9.17) is 0 Å². The number of nitrogens with one attached hydrogen (secondary N) is 2. The number of hydrogen-bond acceptors (Lipinski definition) is 4. The fourth-order valence-corrected chi connectivity index (χ4v) is 4.09. The van der Waals surface area contributed by atoms with Crippen molar-refractivity contribution in [1.29, 1.82) is 0 Å². The van der Waals surface area contributed by atoms with Gasteiger partial charge in [0.2, 0.25) is 5.95 Å². The fourth-order valence-electron chi connectivity index (χ4n) is 4.09. The van der Waals surface area contributed by atoms with Crippen molar-refractivity contribution in [3.63, 3.8) is 0 Å². The van der Waals surface area contributed by atoms with Crippen molar-refractivity contribution < 1.29 is 17.6 Å². The van der Waals surface area contributed by atoms with Gasteiger partial charge in [0.15, 0.2) is 0 Å². The van der Waals surface area contributed by atoms with Crippen LogP contribution in [0.1, 0.15) is 22.6 Å². The quantitative estimate of drug-likeness (QED) is 0.559. The van der Waals surface area contributed by atoms with Crippen LogP contribution in [0.3, 0.4) is 0 Å². The van der Waals surface area contributed by atoms with Crippen molar-refractivity contribution in [3.8, 4) is 0 Å². The molecule has 0 amide bonds. The molecule has 8 heteroatoms. The molecule has 0 aliphatic carbocycles. The molecule has 2 N–H and O–H groups in total. The molecule has 1 aromatic heterocycles. The van der Waals surface area contributed by atoms with Crippen LogP contribution in [0.5, 0.6) is 0 Å². The number of anilines is 1. The summed E-state index contributed by atoms with van der Waals surface area (Å²) in [6.45, 7) is 1.45. The second kappa shape index (κ2) is 9.01. The minimum Gasteiger partial charge on any atom is -0.351 e. The van der Waals surface area contributed by atoms with Crippen molar-refractivity contribution in [1.82, 2.24) is 15.3 Å². The summed E-state index contributed by atoms with van der Waals surface area (Å²) in [4.78, 5) is 7.79. The molecule has 3 atom stereocenters. The van der Waals surface area contributed by atoms with E-state index < -0.39 is 11.7 Å². The van der Waals surface area contributed by atoms with Crippen molar-refractivity contribution >= 4 is 5.95 Å². The van der Waals surface area contributed by atoms with Crippen LogP contribution in [0, 0.1) is 11.7 Å². The SMILES string of the molecule is Fc1ccc(C2CNCC2C(Cc2ccccc2)Nc2ncc(C(F)(F)F)cn2)cc1. The number of hydrogen-bond donors (Lipinski definition) is 2. The van der Waals surface area contributed by atoms with E-state index in [1.807, 2.05) is 30.3 Å². The zero-order chi connectivity index (χ0) is 21.8. The Morgan fingerprint density at radius 3 is 2.29 bits per heavy atom. The van der Waals surface area contributed by atoms with E-state index >= 15 is 0 Å². The molecule has 2 heterocycles. The summed E-state index contributed by atoms with van der Waals surface area (Å²) in [5.74, 6) is 0.0925. The van der Waals surface area contributed by atoms with E-state index in [9.17, 15) is 17.6 Å². The van der Waals surface area contributed by atoms with Gasteiger partial charge in [0.1, 0.15) is 5.82 Å². The molecule has 1 aliphatic rings. The number of benzene rings is 2. The monoisotopic (exact) mass is 430 g/mol. The molecule has 1 saturated heterocycles. The van der Waals surface area contributed by atoms with Crippen LogP contribution in [0.25, 0.3) is 0 Å². The molecule has 162 valence electrons. The van der Waals surface area contributed by atoms with Crippen LogP contribution in [-0.2, 0) is 12.6 Å². The molecule has 0 spiro atoms. The van der Waals surface area contributed by atoms with E-state index in [0.717, 1.165) is 30.1 Å². The molecule has 4 nitrogen and oxygen atoms in total. The normalized spacial score (nSPS) is 19.9. The maximum Gasteiger partial charge on any atom is 0.419 e. The molecule has 4 rings (SSSR count). The molecular formula is C23H22F4N4.